The van der Waals surface area contributed by atoms with Crippen LogP contribution in [0.5, 0.6) is 0 Å². The first-order valence-electron chi connectivity index (χ1n) is 9.09. The predicted octanol–water partition coefficient (Wildman–Crippen LogP) is 4.62. The zero-order valence-corrected chi connectivity index (χ0v) is 14.4. The molecule has 0 N–H and O–H groups in total. The number of Topliss-reactive ketones (excluding diaryl/α,β-unsaturated/α-hetero) is 2. The van der Waals surface area contributed by atoms with Crippen LogP contribution < -0.4 is 0 Å². The zero-order chi connectivity index (χ0) is 16.4. The van der Waals surface area contributed by atoms with E-state index in [1.807, 2.05) is 0 Å². The third kappa shape index (κ3) is 2.07. The van der Waals surface area contributed by atoms with E-state index in [0.29, 0.717) is 23.5 Å². The minimum atomic E-state index is -0.0486. The molecule has 0 radical (unpaired) electrons. The Morgan fingerprint density at radius 1 is 1.17 bits per heavy atom. The van der Waals surface area contributed by atoms with Gasteiger partial charge in [0.2, 0.25) is 0 Å². The quantitative estimate of drug-likeness (QED) is 0.709. The van der Waals surface area contributed by atoms with Crippen LogP contribution in [0.15, 0.2) is 12.1 Å². The van der Waals surface area contributed by atoms with Crippen molar-refractivity contribution < 1.29 is 9.59 Å². The molecule has 4 unspecified atom stereocenters. The van der Waals surface area contributed by atoms with Crippen molar-refractivity contribution in [2.45, 2.75) is 65.2 Å². The van der Waals surface area contributed by atoms with Crippen molar-refractivity contribution in [3.63, 3.8) is 0 Å². The van der Waals surface area contributed by atoms with Crippen LogP contribution in [0.4, 0.5) is 0 Å². The van der Waals surface area contributed by atoms with Gasteiger partial charge in [-0.15, -0.1) is 0 Å². The van der Waals surface area contributed by atoms with E-state index in [0.717, 1.165) is 43.2 Å². The molecular formula is C21H26O2. The molecule has 23 heavy (non-hydrogen) atoms. The Kier molecular flexibility index (Phi) is 3.30. The highest BCUT2D eigenvalue weighted by atomic mass is 16.1. The fraction of sp³-hybridized carbons (Fsp3) is 0.619. The zero-order valence-electron chi connectivity index (χ0n) is 14.4. The highest BCUT2D eigenvalue weighted by Crippen LogP contribution is 2.59. The monoisotopic (exact) mass is 310 g/mol. The highest BCUT2D eigenvalue weighted by molar-refractivity contribution is 5.95. The van der Waals surface area contributed by atoms with Gasteiger partial charge in [-0.2, -0.15) is 0 Å². The molecule has 2 heteroatoms. The lowest BCUT2D eigenvalue weighted by Gasteiger charge is -2.48. The van der Waals surface area contributed by atoms with Gasteiger partial charge in [0, 0.05) is 17.4 Å². The molecule has 3 aliphatic carbocycles. The first kappa shape index (κ1) is 15.1. The molecule has 0 bridgehead atoms. The lowest BCUT2D eigenvalue weighted by molar-refractivity contribution is -0.129. The van der Waals surface area contributed by atoms with Gasteiger partial charge >= 0.3 is 0 Å². The molecule has 1 aromatic rings. The average Bonchev–Trinajstić information content (AvgIpc) is 2.82. The molecule has 0 saturated heterocycles. The van der Waals surface area contributed by atoms with Gasteiger partial charge in [0.1, 0.15) is 5.78 Å². The van der Waals surface area contributed by atoms with Gasteiger partial charge in [-0.3, -0.25) is 9.59 Å². The second-order valence-electron chi connectivity index (χ2n) is 8.26. The molecule has 0 heterocycles. The summed E-state index contributed by atoms with van der Waals surface area (Å²) in [6.45, 7) is 5.95. The normalized spacial score (nSPS) is 35.4. The molecule has 0 amide bonds. The van der Waals surface area contributed by atoms with E-state index in [9.17, 15) is 9.59 Å². The van der Waals surface area contributed by atoms with Crippen LogP contribution in [0, 0.1) is 24.2 Å². The Morgan fingerprint density at radius 3 is 2.70 bits per heavy atom. The van der Waals surface area contributed by atoms with E-state index in [2.05, 4.69) is 26.0 Å². The summed E-state index contributed by atoms with van der Waals surface area (Å²) in [6, 6.07) is 4.43. The summed E-state index contributed by atoms with van der Waals surface area (Å²) < 4.78 is 0. The second-order valence-corrected chi connectivity index (χ2v) is 8.26. The molecule has 0 aliphatic heterocycles. The Balaban J connectivity index is 1.74. The SMILES string of the molecule is CC(=O)c1cc2c(cc1C)C1CCC3(C)C(=O)CCC3C1CC2. The number of carbonyl (C=O) groups excluding carboxylic acids is 2. The minimum absolute atomic E-state index is 0.0486. The van der Waals surface area contributed by atoms with Gasteiger partial charge in [0.05, 0.1) is 0 Å². The number of ketones is 2. The largest absolute Gasteiger partial charge is 0.299 e. The molecule has 1 aromatic carbocycles. The summed E-state index contributed by atoms with van der Waals surface area (Å²) in [7, 11) is 0. The summed E-state index contributed by atoms with van der Waals surface area (Å²) in [6.07, 6.45) is 6.32. The Labute approximate surface area is 138 Å². The first-order chi connectivity index (χ1) is 10.9. The Morgan fingerprint density at radius 2 is 1.96 bits per heavy atom. The number of hydrogen-bond acceptors (Lipinski definition) is 2. The maximum absolute atomic E-state index is 12.4. The second kappa shape index (κ2) is 5.03. The minimum Gasteiger partial charge on any atom is -0.299 e. The topological polar surface area (TPSA) is 34.1 Å². The molecule has 0 aromatic heterocycles. The number of hydrogen-bond donors (Lipinski definition) is 0. The lowest BCUT2D eigenvalue weighted by atomic mass is 9.55. The van der Waals surface area contributed by atoms with Gasteiger partial charge in [0.15, 0.2) is 5.78 Å². The van der Waals surface area contributed by atoms with Crippen molar-refractivity contribution in [2.75, 3.05) is 0 Å². The number of benzene rings is 1. The van der Waals surface area contributed by atoms with Crippen molar-refractivity contribution in [3.8, 4) is 0 Å². The summed E-state index contributed by atoms with van der Waals surface area (Å²) in [5.74, 6) is 2.52. The molecule has 2 nitrogen and oxygen atoms in total. The number of carbonyl (C=O) groups is 2. The lowest BCUT2D eigenvalue weighted by Crippen LogP contribution is -2.42. The fourth-order valence-electron chi connectivity index (χ4n) is 5.89. The third-order valence-electron chi connectivity index (χ3n) is 7.16. The molecular weight excluding hydrogens is 284 g/mol. The van der Waals surface area contributed by atoms with Crippen LogP contribution in [0.25, 0.3) is 0 Å². The molecule has 4 rings (SSSR count). The Bertz CT molecular complexity index is 702. The summed E-state index contributed by atoms with van der Waals surface area (Å²) in [5.41, 5.74) is 4.82. The number of fused-ring (bicyclic) bond motifs is 5. The van der Waals surface area contributed by atoms with Crippen LogP contribution in [-0.2, 0) is 11.2 Å². The van der Waals surface area contributed by atoms with Crippen LogP contribution >= 0.6 is 0 Å². The molecule has 2 fully saturated rings. The van der Waals surface area contributed by atoms with E-state index >= 15 is 0 Å². The average molecular weight is 310 g/mol. The van der Waals surface area contributed by atoms with Gasteiger partial charge in [-0.05, 0) is 86.5 Å². The summed E-state index contributed by atoms with van der Waals surface area (Å²) >= 11 is 0. The van der Waals surface area contributed by atoms with Crippen LogP contribution in [-0.4, -0.2) is 11.6 Å². The van der Waals surface area contributed by atoms with Crippen molar-refractivity contribution >= 4 is 11.6 Å². The van der Waals surface area contributed by atoms with Gasteiger partial charge in [0.25, 0.3) is 0 Å². The molecule has 2 saturated carbocycles. The third-order valence-corrected chi connectivity index (χ3v) is 7.16. The van der Waals surface area contributed by atoms with E-state index in [1.165, 1.54) is 17.5 Å². The molecule has 4 atom stereocenters. The standard InChI is InChI=1S/C21H26O2/c1-12-10-18-14(11-17(12)13(2)22)4-5-16-15(18)8-9-21(3)19(16)6-7-20(21)23/h10-11,15-16,19H,4-9H2,1-3H3. The number of rotatable bonds is 1. The van der Waals surface area contributed by atoms with E-state index in [1.54, 1.807) is 6.92 Å². The molecule has 3 aliphatic rings. The van der Waals surface area contributed by atoms with Crippen LogP contribution in [0.2, 0.25) is 0 Å². The predicted molar refractivity (Wildman–Crippen MR) is 90.8 cm³/mol. The van der Waals surface area contributed by atoms with E-state index < -0.39 is 0 Å². The fourth-order valence-corrected chi connectivity index (χ4v) is 5.89. The van der Waals surface area contributed by atoms with Crippen molar-refractivity contribution in [2.24, 2.45) is 17.3 Å². The first-order valence-corrected chi connectivity index (χ1v) is 9.09. The maximum Gasteiger partial charge on any atom is 0.160 e. The molecule has 122 valence electrons. The summed E-state index contributed by atoms with van der Waals surface area (Å²) in [4.78, 5) is 24.2. The smallest absolute Gasteiger partial charge is 0.160 e. The van der Waals surface area contributed by atoms with Crippen molar-refractivity contribution in [1.82, 2.24) is 0 Å². The Hall–Kier alpha value is -1.44. The van der Waals surface area contributed by atoms with Gasteiger partial charge in [-0.1, -0.05) is 13.0 Å². The van der Waals surface area contributed by atoms with Gasteiger partial charge < -0.3 is 0 Å². The van der Waals surface area contributed by atoms with E-state index in [-0.39, 0.29) is 11.2 Å². The molecule has 0 spiro atoms. The number of aryl methyl sites for hydroxylation is 2. The van der Waals surface area contributed by atoms with Crippen molar-refractivity contribution in [1.29, 1.82) is 0 Å². The maximum atomic E-state index is 12.4. The van der Waals surface area contributed by atoms with Gasteiger partial charge in [-0.25, -0.2) is 0 Å². The van der Waals surface area contributed by atoms with Crippen LogP contribution in [0.1, 0.15) is 78.9 Å². The van der Waals surface area contributed by atoms with Crippen LogP contribution in [0.3, 0.4) is 0 Å². The summed E-state index contributed by atoms with van der Waals surface area (Å²) in [5, 5.41) is 0. The highest BCUT2D eigenvalue weighted by Gasteiger charge is 2.54. The van der Waals surface area contributed by atoms with Crippen molar-refractivity contribution in [3.05, 3.63) is 34.4 Å². The van der Waals surface area contributed by atoms with E-state index in [4.69, 9.17) is 0 Å².